The van der Waals surface area contributed by atoms with Crippen LogP contribution in [0.4, 0.5) is 0 Å². The van der Waals surface area contributed by atoms with Gasteiger partial charge in [-0.1, -0.05) is 25.1 Å². The lowest BCUT2D eigenvalue weighted by molar-refractivity contribution is -0.139. The fraction of sp³-hybridized carbons (Fsp3) is 0.529. The molecule has 5 nitrogen and oxygen atoms in total. The van der Waals surface area contributed by atoms with Gasteiger partial charge in [0.25, 0.3) is 0 Å². The van der Waals surface area contributed by atoms with Crippen molar-refractivity contribution in [1.82, 2.24) is 9.80 Å². The fourth-order valence-electron chi connectivity index (χ4n) is 2.52. The summed E-state index contributed by atoms with van der Waals surface area (Å²) in [7, 11) is 0. The molecule has 1 heterocycles. The van der Waals surface area contributed by atoms with Gasteiger partial charge in [0.15, 0.2) is 0 Å². The predicted octanol–water partition coefficient (Wildman–Crippen LogP) is 1.93. The molecule has 2 rings (SSSR count). The predicted molar refractivity (Wildman–Crippen MR) is 84.6 cm³/mol. The van der Waals surface area contributed by atoms with E-state index in [0.717, 1.165) is 5.75 Å². The molecule has 0 bridgehead atoms. The van der Waals surface area contributed by atoms with Gasteiger partial charge in [0.2, 0.25) is 11.8 Å². The molecule has 0 atom stereocenters. The number of carbonyl (C=O) groups excluding carboxylic acids is 2. The van der Waals surface area contributed by atoms with Crippen molar-refractivity contribution in [3.05, 3.63) is 30.3 Å². The number of piperazine rings is 1. The van der Waals surface area contributed by atoms with Crippen LogP contribution in [-0.4, -0.2) is 54.4 Å². The Morgan fingerprint density at radius 2 is 1.59 bits per heavy atom. The van der Waals surface area contributed by atoms with Crippen LogP contribution in [0.5, 0.6) is 5.75 Å². The van der Waals surface area contributed by atoms with Gasteiger partial charge in [0, 0.05) is 39.0 Å². The zero-order chi connectivity index (χ0) is 15.8. The average Bonchev–Trinajstić information content (AvgIpc) is 2.59. The Morgan fingerprint density at radius 1 is 1.00 bits per heavy atom. The minimum Gasteiger partial charge on any atom is -0.494 e. The Labute approximate surface area is 131 Å². The molecule has 0 aromatic heterocycles. The van der Waals surface area contributed by atoms with Gasteiger partial charge in [0.05, 0.1) is 6.61 Å². The third-order valence-electron chi connectivity index (χ3n) is 3.83. The lowest BCUT2D eigenvalue weighted by atomic mass is 10.2. The van der Waals surface area contributed by atoms with Crippen LogP contribution in [0.3, 0.4) is 0 Å². The molecule has 0 radical (unpaired) electrons. The molecule has 0 unspecified atom stereocenters. The van der Waals surface area contributed by atoms with Gasteiger partial charge >= 0.3 is 0 Å². The average molecular weight is 304 g/mol. The van der Waals surface area contributed by atoms with Crippen LogP contribution in [0.25, 0.3) is 0 Å². The largest absolute Gasteiger partial charge is 0.494 e. The first kappa shape index (κ1) is 16.3. The Bertz CT molecular complexity index is 482. The highest BCUT2D eigenvalue weighted by molar-refractivity contribution is 5.78. The maximum Gasteiger partial charge on any atom is 0.222 e. The molecular formula is C17H24N2O3. The van der Waals surface area contributed by atoms with E-state index >= 15 is 0 Å². The molecule has 0 spiro atoms. The summed E-state index contributed by atoms with van der Waals surface area (Å²) < 4.78 is 5.58. The van der Waals surface area contributed by atoms with Crippen LogP contribution < -0.4 is 4.74 Å². The second-order valence-corrected chi connectivity index (χ2v) is 5.38. The monoisotopic (exact) mass is 304 g/mol. The van der Waals surface area contributed by atoms with Crippen molar-refractivity contribution < 1.29 is 14.3 Å². The molecule has 5 heteroatoms. The van der Waals surface area contributed by atoms with Gasteiger partial charge in [-0.15, -0.1) is 0 Å². The van der Waals surface area contributed by atoms with Gasteiger partial charge in [-0.2, -0.15) is 0 Å². The van der Waals surface area contributed by atoms with E-state index < -0.39 is 0 Å². The molecule has 0 N–H and O–H groups in total. The second-order valence-electron chi connectivity index (χ2n) is 5.38. The number of carbonyl (C=O) groups is 2. The molecule has 1 fully saturated rings. The van der Waals surface area contributed by atoms with Crippen molar-refractivity contribution in [1.29, 1.82) is 0 Å². The van der Waals surface area contributed by atoms with Crippen LogP contribution in [0.1, 0.15) is 26.2 Å². The van der Waals surface area contributed by atoms with E-state index in [2.05, 4.69) is 0 Å². The molecule has 1 aliphatic heterocycles. The fourth-order valence-corrected chi connectivity index (χ4v) is 2.52. The number of ether oxygens (including phenoxy) is 1. The van der Waals surface area contributed by atoms with E-state index in [1.165, 1.54) is 0 Å². The van der Waals surface area contributed by atoms with Crippen molar-refractivity contribution >= 4 is 11.8 Å². The first-order chi connectivity index (χ1) is 10.7. The summed E-state index contributed by atoms with van der Waals surface area (Å²) in [6.07, 6.45) is 1.74. The highest BCUT2D eigenvalue weighted by atomic mass is 16.5. The van der Waals surface area contributed by atoms with Crippen LogP contribution in [0.15, 0.2) is 30.3 Å². The lowest BCUT2D eigenvalue weighted by Gasteiger charge is -2.34. The van der Waals surface area contributed by atoms with E-state index in [-0.39, 0.29) is 11.8 Å². The molecule has 1 saturated heterocycles. The van der Waals surface area contributed by atoms with Crippen molar-refractivity contribution in [2.45, 2.75) is 26.2 Å². The third kappa shape index (κ3) is 4.76. The van der Waals surface area contributed by atoms with Crippen LogP contribution in [0, 0.1) is 0 Å². The van der Waals surface area contributed by atoms with Gasteiger partial charge < -0.3 is 14.5 Å². The number of rotatable bonds is 6. The van der Waals surface area contributed by atoms with Crippen molar-refractivity contribution in [2.75, 3.05) is 32.8 Å². The van der Waals surface area contributed by atoms with E-state index in [1.807, 2.05) is 47.1 Å². The standard InChI is InChI=1S/C17H24N2O3/c1-2-16(20)18-10-12-19(13-11-18)17(21)9-6-14-22-15-7-4-3-5-8-15/h3-5,7-8H,2,6,9-14H2,1H3. The first-order valence-corrected chi connectivity index (χ1v) is 7.94. The third-order valence-corrected chi connectivity index (χ3v) is 3.83. The summed E-state index contributed by atoms with van der Waals surface area (Å²) in [4.78, 5) is 27.4. The number of amides is 2. The van der Waals surface area contributed by atoms with E-state index in [0.29, 0.717) is 52.0 Å². The van der Waals surface area contributed by atoms with Crippen LogP contribution in [0.2, 0.25) is 0 Å². The van der Waals surface area contributed by atoms with E-state index in [9.17, 15) is 9.59 Å². The summed E-state index contributed by atoms with van der Waals surface area (Å²) in [6.45, 7) is 5.00. The topological polar surface area (TPSA) is 49.9 Å². The number of hydrogen-bond acceptors (Lipinski definition) is 3. The second kappa shape index (κ2) is 8.41. The Kier molecular flexibility index (Phi) is 6.25. The lowest BCUT2D eigenvalue weighted by Crippen LogP contribution is -2.50. The van der Waals surface area contributed by atoms with E-state index in [1.54, 1.807) is 0 Å². The van der Waals surface area contributed by atoms with Crippen molar-refractivity contribution in [2.24, 2.45) is 0 Å². The Hall–Kier alpha value is -2.04. The normalized spacial score (nSPS) is 14.8. The Balaban J connectivity index is 1.63. The molecule has 1 aromatic rings. The highest BCUT2D eigenvalue weighted by Crippen LogP contribution is 2.10. The first-order valence-electron chi connectivity index (χ1n) is 7.94. The molecule has 0 aliphatic carbocycles. The minimum atomic E-state index is 0.153. The summed E-state index contributed by atoms with van der Waals surface area (Å²) in [5.41, 5.74) is 0. The number of nitrogens with zero attached hydrogens (tertiary/aromatic N) is 2. The molecule has 1 aromatic carbocycles. The quantitative estimate of drug-likeness (QED) is 0.755. The maximum absolute atomic E-state index is 12.1. The van der Waals surface area contributed by atoms with Gasteiger partial charge in [0.1, 0.15) is 5.75 Å². The van der Waals surface area contributed by atoms with Crippen LogP contribution in [-0.2, 0) is 9.59 Å². The zero-order valence-electron chi connectivity index (χ0n) is 13.2. The smallest absolute Gasteiger partial charge is 0.222 e. The molecule has 0 saturated carbocycles. The minimum absolute atomic E-state index is 0.153. The summed E-state index contributed by atoms with van der Waals surface area (Å²) in [5, 5.41) is 0. The van der Waals surface area contributed by atoms with Crippen molar-refractivity contribution in [3.8, 4) is 5.75 Å². The summed E-state index contributed by atoms with van der Waals surface area (Å²) >= 11 is 0. The van der Waals surface area contributed by atoms with Crippen LogP contribution >= 0.6 is 0 Å². The maximum atomic E-state index is 12.1. The molecule has 120 valence electrons. The Morgan fingerprint density at radius 3 is 2.18 bits per heavy atom. The SMILES string of the molecule is CCC(=O)N1CCN(C(=O)CCCOc2ccccc2)CC1. The number of hydrogen-bond donors (Lipinski definition) is 0. The van der Waals surface area contributed by atoms with Gasteiger partial charge in [-0.25, -0.2) is 0 Å². The van der Waals surface area contributed by atoms with E-state index in [4.69, 9.17) is 4.74 Å². The van der Waals surface area contributed by atoms with Gasteiger partial charge in [-0.3, -0.25) is 9.59 Å². The van der Waals surface area contributed by atoms with Gasteiger partial charge in [-0.05, 0) is 18.6 Å². The summed E-state index contributed by atoms with van der Waals surface area (Å²) in [6, 6.07) is 9.62. The number of para-hydroxylation sites is 1. The summed E-state index contributed by atoms with van der Waals surface area (Å²) in [5.74, 6) is 1.16. The van der Waals surface area contributed by atoms with Crippen molar-refractivity contribution in [3.63, 3.8) is 0 Å². The number of benzene rings is 1. The molecule has 22 heavy (non-hydrogen) atoms. The molecular weight excluding hydrogens is 280 g/mol. The highest BCUT2D eigenvalue weighted by Gasteiger charge is 2.22. The molecule has 1 aliphatic rings. The zero-order valence-corrected chi connectivity index (χ0v) is 13.2. The molecule has 2 amide bonds.